The Labute approximate surface area is 206 Å². The molecular formula is C26H28O10. The number of carbonyl (C=O) groups excluding carboxylic acids is 2. The third kappa shape index (κ3) is 5.52. The number of aliphatic hydroxyl groups is 3. The normalized spacial score (nSPS) is 24.0. The molecule has 4 N–H and O–H groups in total. The predicted octanol–water partition coefficient (Wildman–Crippen LogP) is 2.01. The second-order valence-corrected chi connectivity index (χ2v) is 8.81. The van der Waals surface area contributed by atoms with Crippen LogP contribution in [0.1, 0.15) is 34.8 Å². The van der Waals surface area contributed by atoms with Crippen LogP contribution in [0.4, 0.5) is 0 Å². The van der Waals surface area contributed by atoms with Gasteiger partial charge in [0.2, 0.25) is 6.29 Å². The van der Waals surface area contributed by atoms with Gasteiger partial charge in [-0.05, 0) is 54.8 Å². The first-order valence-electron chi connectivity index (χ1n) is 11.5. The number of furan rings is 1. The van der Waals surface area contributed by atoms with E-state index in [-0.39, 0.29) is 30.1 Å². The Bertz CT molecular complexity index is 1250. The summed E-state index contributed by atoms with van der Waals surface area (Å²) in [7, 11) is 0. The number of phenols is 1. The largest absolute Gasteiger partial charge is 0.507 e. The molecule has 10 nitrogen and oxygen atoms in total. The summed E-state index contributed by atoms with van der Waals surface area (Å²) in [5.41, 5.74) is 2.12. The van der Waals surface area contributed by atoms with E-state index >= 15 is 0 Å². The van der Waals surface area contributed by atoms with Crippen molar-refractivity contribution < 1.29 is 48.6 Å². The summed E-state index contributed by atoms with van der Waals surface area (Å²) in [6.45, 7) is 2.47. The van der Waals surface area contributed by atoms with Gasteiger partial charge < -0.3 is 39.1 Å². The molecule has 1 aliphatic heterocycles. The van der Waals surface area contributed by atoms with Crippen LogP contribution in [0, 0.1) is 6.92 Å². The highest BCUT2D eigenvalue weighted by Gasteiger charge is 2.45. The molecule has 0 aliphatic carbocycles. The number of benzene rings is 2. The van der Waals surface area contributed by atoms with Crippen LogP contribution in [-0.4, -0.2) is 69.5 Å². The molecule has 1 saturated heterocycles. The maximum atomic E-state index is 13.2. The molecule has 1 aromatic heterocycles. The molecule has 0 bridgehead atoms. The lowest BCUT2D eigenvalue weighted by Crippen LogP contribution is -2.60. The standard InChI is InChI=1S/C26H28O10/c1-13-9-18(29)22(17(28)5-3-15-4-6-19-16(11-15)7-8-33-19)20(10-13)35-26-25(32)24(31)23(30)21(36-26)12-34-14(2)27/h4,6-11,21,23-26,29-32H,3,5,12H2,1-2H3/t21-,23-,24+,25-,26-/m1/s1. The predicted molar refractivity (Wildman–Crippen MR) is 126 cm³/mol. The number of aryl methyl sites for hydroxylation is 2. The Kier molecular flexibility index (Phi) is 7.60. The lowest BCUT2D eigenvalue weighted by molar-refractivity contribution is -0.278. The van der Waals surface area contributed by atoms with E-state index in [1.54, 1.807) is 13.2 Å². The zero-order chi connectivity index (χ0) is 26.0. The number of ketones is 1. The summed E-state index contributed by atoms with van der Waals surface area (Å²) in [5.74, 6) is -1.38. The molecule has 0 amide bonds. The van der Waals surface area contributed by atoms with Crippen LogP contribution in [0.25, 0.3) is 11.0 Å². The molecule has 0 unspecified atom stereocenters. The number of ether oxygens (including phenoxy) is 3. The fraction of sp³-hybridized carbons (Fsp3) is 0.385. The van der Waals surface area contributed by atoms with E-state index in [1.165, 1.54) is 19.1 Å². The fourth-order valence-electron chi connectivity index (χ4n) is 4.14. The van der Waals surface area contributed by atoms with Crippen molar-refractivity contribution in [3.63, 3.8) is 0 Å². The van der Waals surface area contributed by atoms with Crippen molar-refractivity contribution in [2.75, 3.05) is 6.61 Å². The van der Waals surface area contributed by atoms with Crippen molar-refractivity contribution in [1.29, 1.82) is 0 Å². The monoisotopic (exact) mass is 500 g/mol. The summed E-state index contributed by atoms with van der Waals surface area (Å²) in [6, 6.07) is 10.3. The van der Waals surface area contributed by atoms with E-state index in [0.29, 0.717) is 12.0 Å². The number of hydrogen-bond donors (Lipinski definition) is 4. The molecule has 10 heteroatoms. The van der Waals surface area contributed by atoms with Gasteiger partial charge in [0, 0.05) is 18.7 Å². The first-order chi connectivity index (χ1) is 17.1. The summed E-state index contributed by atoms with van der Waals surface area (Å²) in [6.07, 6.45) is -5.56. The van der Waals surface area contributed by atoms with Gasteiger partial charge in [-0.2, -0.15) is 0 Å². The summed E-state index contributed by atoms with van der Waals surface area (Å²) >= 11 is 0. The van der Waals surface area contributed by atoms with Crippen LogP contribution in [0.15, 0.2) is 47.1 Å². The Morgan fingerprint density at radius 2 is 1.81 bits per heavy atom. The highest BCUT2D eigenvalue weighted by atomic mass is 16.7. The number of phenolic OH excluding ortho intramolecular Hbond substituents is 1. The Morgan fingerprint density at radius 1 is 1.03 bits per heavy atom. The van der Waals surface area contributed by atoms with E-state index in [9.17, 15) is 30.0 Å². The van der Waals surface area contributed by atoms with Gasteiger partial charge in [0.05, 0.1) is 6.26 Å². The van der Waals surface area contributed by atoms with Crippen molar-refractivity contribution in [2.24, 2.45) is 0 Å². The summed E-state index contributed by atoms with van der Waals surface area (Å²) in [4.78, 5) is 24.3. The van der Waals surface area contributed by atoms with Crippen LogP contribution in [-0.2, 0) is 20.7 Å². The highest BCUT2D eigenvalue weighted by Crippen LogP contribution is 2.34. The van der Waals surface area contributed by atoms with E-state index in [0.717, 1.165) is 16.5 Å². The molecule has 1 fully saturated rings. The third-order valence-electron chi connectivity index (χ3n) is 6.02. The van der Waals surface area contributed by atoms with Crippen molar-refractivity contribution in [3.8, 4) is 11.5 Å². The summed E-state index contributed by atoms with van der Waals surface area (Å²) < 4.78 is 21.5. The highest BCUT2D eigenvalue weighted by molar-refractivity contribution is 6.01. The van der Waals surface area contributed by atoms with Crippen LogP contribution in [0.3, 0.4) is 0 Å². The van der Waals surface area contributed by atoms with Crippen molar-refractivity contribution in [2.45, 2.75) is 57.4 Å². The van der Waals surface area contributed by atoms with E-state index in [2.05, 4.69) is 0 Å². The molecule has 5 atom stereocenters. The Balaban J connectivity index is 1.53. The van der Waals surface area contributed by atoms with E-state index < -0.39 is 42.5 Å². The average Bonchev–Trinajstić information content (AvgIpc) is 3.29. The molecule has 0 spiro atoms. The first kappa shape index (κ1) is 25.6. The van der Waals surface area contributed by atoms with Crippen molar-refractivity contribution in [1.82, 2.24) is 0 Å². The average molecular weight is 501 g/mol. The quantitative estimate of drug-likeness (QED) is 0.267. The lowest BCUT2D eigenvalue weighted by atomic mass is 9.98. The molecule has 36 heavy (non-hydrogen) atoms. The van der Waals surface area contributed by atoms with Gasteiger partial charge in [-0.1, -0.05) is 6.07 Å². The fourth-order valence-corrected chi connectivity index (χ4v) is 4.14. The molecule has 192 valence electrons. The van der Waals surface area contributed by atoms with Gasteiger partial charge in [-0.25, -0.2) is 0 Å². The SMILES string of the molecule is CC(=O)OC[C@H]1O[C@@H](Oc2cc(C)cc(O)c2C(=O)CCc2ccc3occc3c2)[C@H](O)[C@@H](O)[C@@H]1O. The van der Waals surface area contributed by atoms with Gasteiger partial charge >= 0.3 is 5.97 Å². The van der Waals surface area contributed by atoms with Gasteiger partial charge in [-0.3, -0.25) is 9.59 Å². The molecule has 2 aromatic carbocycles. The number of fused-ring (bicyclic) bond motifs is 1. The second kappa shape index (κ2) is 10.7. The number of esters is 1. The minimum absolute atomic E-state index is 0.0540. The molecule has 0 saturated carbocycles. The van der Waals surface area contributed by atoms with Gasteiger partial charge in [0.1, 0.15) is 53.7 Å². The maximum absolute atomic E-state index is 13.2. The minimum atomic E-state index is -1.68. The van der Waals surface area contributed by atoms with Crippen LogP contribution < -0.4 is 4.74 Å². The number of carbonyl (C=O) groups is 2. The van der Waals surface area contributed by atoms with Crippen LogP contribution in [0.5, 0.6) is 11.5 Å². The number of aliphatic hydroxyl groups excluding tert-OH is 3. The van der Waals surface area contributed by atoms with Crippen LogP contribution >= 0.6 is 0 Å². The Hall–Kier alpha value is -3.44. The second-order valence-electron chi connectivity index (χ2n) is 8.81. The van der Waals surface area contributed by atoms with E-state index in [4.69, 9.17) is 18.6 Å². The topological polar surface area (TPSA) is 156 Å². The van der Waals surface area contributed by atoms with Crippen molar-refractivity contribution in [3.05, 3.63) is 59.4 Å². The Morgan fingerprint density at radius 3 is 2.56 bits per heavy atom. The van der Waals surface area contributed by atoms with Gasteiger partial charge in [0.15, 0.2) is 5.78 Å². The lowest BCUT2D eigenvalue weighted by Gasteiger charge is -2.40. The molecule has 3 aromatic rings. The molecule has 2 heterocycles. The summed E-state index contributed by atoms with van der Waals surface area (Å²) in [5, 5.41) is 42.4. The zero-order valence-corrected chi connectivity index (χ0v) is 19.8. The molecule has 1 aliphatic rings. The van der Waals surface area contributed by atoms with Gasteiger partial charge in [-0.15, -0.1) is 0 Å². The third-order valence-corrected chi connectivity index (χ3v) is 6.02. The molecule has 4 rings (SSSR count). The number of hydrogen-bond acceptors (Lipinski definition) is 10. The number of Topliss-reactive ketones (excluding diaryl/α,β-unsaturated/α-hetero) is 1. The molecule has 0 radical (unpaired) electrons. The molecular weight excluding hydrogens is 472 g/mol. The minimum Gasteiger partial charge on any atom is -0.507 e. The van der Waals surface area contributed by atoms with E-state index in [1.807, 2.05) is 24.3 Å². The smallest absolute Gasteiger partial charge is 0.302 e. The van der Waals surface area contributed by atoms with Crippen molar-refractivity contribution >= 4 is 22.7 Å². The van der Waals surface area contributed by atoms with Crippen LogP contribution in [0.2, 0.25) is 0 Å². The maximum Gasteiger partial charge on any atom is 0.302 e. The number of aromatic hydroxyl groups is 1. The zero-order valence-electron chi connectivity index (χ0n) is 19.8. The first-order valence-corrected chi connectivity index (χ1v) is 11.5. The number of rotatable bonds is 8. The van der Waals surface area contributed by atoms with Gasteiger partial charge in [0.25, 0.3) is 0 Å².